The molecule has 4 aliphatic rings. The molecule has 0 amide bonds. The van der Waals surface area contributed by atoms with Crippen molar-refractivity contribution in [2.24, 2.45) is 0 Å². The largest absolute Gasteiger partial charge is 0.506 e. The molecule has 0 spiro atoms. The number of aliphatic hydroxyl groups excluding tert-OH is 1. The van der Waals surface area contributed by atoms with E-state index in [2.05, 4.69) is 58.0 Å². The molecule has 326 valence electrons. The van der Waals surface area contributed by atoms with Crippen molar-refractivity contribution in [1.29, 1.82) is 0 Å². The number of Topliss-reactive ketones (excluding diaryl/α,β-unsaturated/α-hetero) is 1. The Labute approximate surface area is 365 Å². The lowest BCUT2D eigenvalue weighted by atomic mass is 9.80. The van der Waals surface area contributed by atoms with Crippen molar-refractivity contribution in [2.75, 3.05) is 24.7 Å². The van der Waals surface area contributed by atoms with Crippen LogP contribution >= 0.6 is 0 Å². The summed E-state index contributed by atoms with van der Waals surface area (Å²) in [6, 6.07) is 25.2. The van der Waals surface area contributed by atoms with Crippen molar-refractivity contribution < 1.29 is 43.4 Å². The van der Waals surface area contributed by atoms with E-state index in [9.17, 15) is 19.5 Å². The number of unbranched alkanes of at least 4 members (excludes halogenated alkanes) is 4. The fourth-order valence-corrected chi connectivity index (χ4v) is 9.19. The Morgan fingerprint density at radius 3 is 1.79 bits per heavy atom. The highest BCUT2D eigenvalue weighted by Gasteiger charge is 2.37. The minimum Gasteiger partial charge on any atom is -0.506 e. The topological polar surface area (TPSA) is 126 Å². The molecule has 0 aromatic heterocycles. The molecule has 0 unspecified atom stereocenters. The number of ether oxygens (including phenoxy) is 3. The van der Waals surface area contributed by atoms with E-state index in [0.717, 1.165) is 92.1 Å². The van der Waals surface area contributed by atoms with Crippen molar-refractivity contribution in [1.82, 2.24) is 0 Å². The van der Waals surface area contributed by atoms with Gasteiger partial charge < -0.3 is 29.3 Å². The number of nitrogens with zero attached hydrogens (tertiary/aromatic N) is 2. The molecule has 0 atom stereocenters. The van der Waals surface area contributed by atoms with E-state index in [1.165, 1.54) is 38.5 Å². The van der Waals surface area contributed by atoms with Crippen LogP contribution in [-0.2, 0) is 19.1 Å². The molecule has 3 aromatic carbocycles. The number of carboxylic acids is 1. The summed E-state index contributed by atoms with van der Waals surface area (Å²) >= 11 is 0. The van der Waals surface area contributed by atoms with E-state index in [1.807, 2.05) is 48.6 Å². The van der Waals surface area contributed by atoms with Crippen LogP contribution in [0.2, 0.25) is 0 Å². The molecular formula is C52H61N2O8+. The Morgan fingerprint density at radius 2 is 1.21 bits per heavy atom. The summed E-state index contributed by atoms with van der Waals surface area (Å²) in [5.74, 6) is 0.733. The van der Waals surface area contributed by atoms with Crippen LogP contribution in [0.3, 0.4) is 0 Å². The molecule has 62 heavy (non-hydrogen) atoms. The normalized spacial score (nSPS) is 16.9. The van der Waals surface area contributed by atoms with Gasteiger partial charge in [0.05, 0.1) is 31.0 Å². The molecule has 0 saturated heterocycles. The number of allylic oxidation sites excluding steroid dienone is 7. The summed E-state index contributed by atoms with van der Waals surface area (Å²) in [6.45, 7) is 2.09. The second kappa shape index (κ2) is 22.3. The van der Waals surface area contributed by atoms with E-state index in [4.69, 9.17) is 19.3 Å². The van der Waals surface area contributed by atoms with Crippen LogP contribution in [0.4, 0.5) is 17.1 Å². The van der Waals surface area contributed by atoms with Gasteiger partial charge in [-0.3, -0.25) is 14.4 Å². The maximum atomic E-state index is 13.8. The summed E-state index contributed by atoms with van der Waals surface area (Å²) in [5, 5.41) is 20.3. The molecule has 3 aromatic rings. The third-order valence-corrected chi connectivity index (χ3v) is 12.5. The smallest absolute Gasteiger partial charge is 0.303 e. The molecule has 0 aliphatic heterocycles. The number of carbonyl (C=O) groups excluding carboxylic acids is 2. The molecule has 7 rings (SSSR count). The zero-order chi connectivity index (χ0) is 43.1. The summed E-state index contributed by atoms with van der Waals surface area (Å²) in [7, 11) is 0. The third-order valence-electron chi connectivity index (χ3n) is 12.5. The van der Waals surface area contributed by atoms with Gasteiger partial charge in [-0.25, -0.2) is 0 Å². The molecular weight excluding hydrogens is 781 g/mol. The number of benzene rings is 3. The number of carbonyl (C=O) groups is 3. The van der Waals surface area contributed by atoms with E-state index >= 15 is 0 Å². The van der Waals surface area contributed by atoms with E-state index in [1.54, 1.807) is 0 Å². The number of hydrogen-bond donors (Lipinski definition) is 2. The first kappa shape index (κ1) is 44.2. The first-order chi connectivity index (χ1) is 30.4. The van der Waals surface area contributed by atoms with Crippen LogP contribution in [0, 0.1) is 0 Å². The van der Waals surface area contributed by atoms with Gasteiger partial charge in [-0.15, -0.1) is 0 Å². The Hall–Kier alpha value is -5.90. The standard InChI is InChI=1S/C52H60N2O8/c55-37-60-34-10-4-12-36-62-47-32-28-45(29-33-47)54(41-15-7-2-8-16-41)43-24-20-39(21-25-43)50-51(58)49(52(50)59)38-18-22-42(23-19-38)53(40-13-5-1-6-14-40)44-26-30-46(31-27-44)61-35-11-3-9-17-48(56)57/h18-33,37,40-41H,1-17,34-36H2,(H-,56,57,58,59)/p+1. The minimum absolute atomic E-state index is 0.0335. The molecule has 10 nitrogen and oxygen atoms in total. The second-order valence-corrected chi connectivity index (χ2v) is 16.8. The molecule has 0 radical (unpaired) electrons. The van der Waals surface area contributed by atoms with Crippen molar-refractivity contribution >= 4 is 46.6 Å². The lowest BCUT2D eigenvalue weighted by Crippen LogP contribution is -2.33. The molecule has 2 N–H and O–H groups in total. The predicted octanol–water partition coefficient (Wildman–Crippen LogP) is 11.3. The number of anilines is 2. The Kier molecular flexibility index (Phi) is 15.9. The minimum atomic E-state index is -0.761. The molecule has 4 aliphatic carbocycles. The molecule has 10 heteroatoms. The predicted molar refractivity (Wildman–Crippen MR) is 243 cm³/mol. The average molecular weight is 842 g/mol. The number of hydrogen-bond acceptors (Lipinski definition) is 8. The quantitative estimate of drug-likeness (QED) is 0.0466. The van der Waals surface area contributed by atoms with Gasteiger partial charge in [0.2, 0.25) is 17.2 Å². The van der Waals surface area contributed by atoms with Crippen molar-refractivity contribution in [3.05, 3.63) is 120 Å². The lowest BCUT2D eigenvalue weighted by Gasteiger charge is -2.36. The van der Waals surface area contributed by atoms with Crippen molar-refractivity contribution in [2.45, 2.75) is 121 Å². The monoisotopic (exact) mass is 841 g/mol. The number of rotatable bonds is 21. The van der Waals surface area contributed by atoms with E-state index < -0.39 is 5.97 Å². The van der Waals surface area contributed by atoms with Gasteiger partial charge in [0.15, 0.2) is 6.04 Å². The Morgan fingerprint density at radius 1 is 0.661 bits per heavy atom. The zero-order valence-corrected chi connectivity index (χ0v) is 35.9. The van der Waals surface area contributed by atoms with Gasteiger partial charge in [0.1, 0.15) is 17.3 Å². The Balaban J connectivity index is 1.04. The maximum Gasteiger partial charge on any atom is 0.303 e. The summed E-state index contributed by atoms with van der Waals surface area (Å²) in [4.78, 5) is 37.3. The SMILES string of the molecule is O=COCCCCCOc1ccc(N(c2ccc(C3=C(O)C(=C4C=CC(=[N+](c5ccc(OCCCCCC(=O)O)cc5)C5CCCCC5)C=C4)C3=O)cc2)C2CCCCC2)cc1. The maximum absolute atomic E-state index is 13.8. The molecule has 0 bridgehead atoms. The van der Waals surface area contributed by atoms with Crippen LogP contribution < -0.4 is 14.4 Å². The molecule has 2 fully saturated rings. The van der Waals surface area contributed by atoms with Crippen LogP contribution in [0.25, 0.3) is 5.57 Å². The van der Waals surface area contributed by atoms with Crippen LogP contribution in [-0.4, -0.2) is 70.6 Å². The van der Waals surface area contributed by atoms with Crippen LogP contribution in [0.5, 0.6) is 11.5 Å². The summed E-state index contributed by atoms with van der Waals surface area (Å²) < 4.78 is 19.1. The number of ketones is 1. The van der Waals surface area contributed by atoms with Gasteiger partial charge in [0, 0.05) is 61.0 Å². The number of aliphatic carboxylic acids is 1. The zero-order valence-electron chi connectivity index (χ0n) is 35.9. The molecule has 2 saturated carbocycles. The Bertz CT molecular complexity index is 2130. The van der Waals surface area contributed by atoms with E-state index in [-0.39, 0.29) is 18.0 Å². The average Bonchev–Trinajstić information content (AvgIpc) is 3.30. The summed E-state index contributed by atoms with van der Waals surface area (Å²) in [6.07, 6.45) is 24.8. The second-order valence-electron chi connectivity index (χ2n) is 16.8. The number of aliphatic hydroxyl groups is 1. The van der Waals surface area contributed by atoms with Crippen LogP contribution in [0.15, 0.2) is 114 Å². The highest BCUT2D eigenvalue weighted by atomic mass is 16.5. The fourth-order valence-electron chi connectivity index (χ4n) is 9.19. The number of carboxylic acid groups (broad SMARTS) is 1. The highest BCUT2D eigenvalue weighted by Crippen LogP contribution is 2.41. The van der Waals surface area contributed by atoms with Crippen molar-refractivity contribution in [3.63, 3.8) is 0 Å². The fraction of sp³-hybridized carbons (Fsp3) is 0.423. The first-order valence-electron chi connectivity index (χ1n) is 22.8. The van der Waals surface area contributed by atoms with Gasteiger partial charge in [0.25, 0.3) is 6.47 Å². The van der Waals surface area contributed by atoms with Crippen molar-refractivity contribution in [3.8, 4) is 11.5 Å². The third kappa shape index (κ3) is 11.3. The van der Waals surface area contributed by atoms with Gasteiger partial charge in [-0.1, -0.05) is 37.8 Å². The first-order valence-corrected chi connectivity index (χ1v) is 22.8. The van der Waals surface area contributed by atoms with Crippen LogP contribution in [0.1, 0.15) is 115 Å². The van der Waals surface area contributed by atoms with Gasteiger partial charge in [-0.05, 0) is 136 Å². The van der Waals surface area contributed by atoms with Gasteiger partial charge in [-0.2, -0.15) is 4.58 Å². The molecule has 0 heterocycles. The summed E-state index contributed by atoms with van der Waals surface area (Å²) in [5.41, 5.74) is 6.37. The highest BCUT2D eigenvalue weighted by molar-refractivity contribution is 6.39. The van der Waals surface area contributed by atoms with Gasteiger partial charge >= 0.3 is 5.97 Å². The van der Waals surface area contributed by atoms with E-state index in [0.29, 0.717) is 67.1 Å². The lowest BCUT2D eigenvalue weighted by molar-refractivity contribution is -0.488.